The van der Waals surface area contributed by atoms with E-state index in [2.05, 4.69) is 35.3 Å². The molecule has 0 aliphatic heterocycles. The van der Waals surface area contributed by atoms with E-state index in [9.17, 15) is 0 Å². The summed E-state index contributed by atoms with van der Waals surface area (Å²) in [6.07, 6.45) is 0. The van der Waals surface area contributed by atoms with E-state index < -0.39 is 0 Å². The largest absolute Gasteiger partial charge is 0.355 e. The van der Waals surface area contributed by atoms with Gasteiger partial charge in [0.1, 0.15) is 0 Å². The Hall–Kier alpha value is -1.76. The van der Waals surface area contributed by atoms with Crippen LogP contribution in [0.1, 0.15) is 0 Å². The second-order valence-electron chi connectivity index (χ2n) is 3.14. The van der Waals surface area contributed by atoms with Crippen LogP contribution in [0.4, 0.5) is 0 Å². The van der Waals surface area contributed by atoms with Crippen molar-refractivity contribution in [3.05, 3.63) is 48.5 Å². The molecule has 0 saturated heterocycles. The molecule has 13 heavy (non-hydrogen) atoms. The Morgan fingerprint density at radius 3 is 2.77 bits per heavy atom. The summed E-state index contributed by atoms with van der Waals surface area (Å²) in [6, 6.07) is 17.4. The minimum absolute atomic E-state index is 1.18. The number of aromatic amines is 1. The van der Waals surface area contributed by atoms with Gasteiger partial charge >= 0.3 is 0 Å². The quantitative estimate of drug-likeness (QED) is 0.528. The smallest absolute Gasteiger partial charge is 0.0465 e. The molecule has 1 heteroatoms. The molecule has 1 aromatic heterocycles. The summed E-state index contributed by atoms with van der Waals surface area (Å²) >= 11 is 0. The van der Waals surface area contributed by atoms with Crippen molar-refractivity contribution in [1.82, 2.24) is 4.98 Å². The Bertz CT molecular complexity index is 513. The number of hydrogen-bond acceptors (Lipinski definition) is 0. The number of aromatic nitrogens is 1. The Morgan fingerprint density at radius 1 is 0.923 bits per heavy atom. The molecule has 2 aromatic carbocycles. The Labute approximate surface area is 76.0 Å². The van der Waals surface area contributed by atoms with Gasteiger partial charge in [0, 0.05) is 21.8 Å². The van der Waals surface area contributed by atoms with Crippen molar-refractivity contribution in [3.63, 3.8) is 0 Å². The topological polar surface area (TPSA) is 15.8 Å². The highest BCUT2D eigenvalue weighted by atomic mass is 14.7. The van der Waals surface area contributed by atoms with Crippen molar-refractivity contribution in [1.29, 1.82) is 0 Å². The number of hydrogen-bond donors (Lipinski definition) is 1. The molecule has 0 amide bonds. The summed E-state index contributed by atoms with van der Waals surface area (Å²) in [6.45, 7) is 0. The lowest BCUT2D eigenvalue weighted by Crippen LogP contribution is -1.63. The molecule has 1 nitrogen and oxygen atoms in total. The molecule has 61 valence electrons. The first-order valence-electron chi connectivity index (χ1n) is 4.32. The lowest BCUT2D eigenvalue weighted by atomic mass is 10.2. The Balaban J connectivity index is 2.64. The van der Waals surface area contributed by atoms with Crippen molar-refractivity contribution in [3.8, 4) is 0 Å². The van der Waals surface area contributed by atoms with E-state index in [1.165, 1.54) is 21.8 Å². The number of H-pyrrole nitrogens is 1. The molecule has 0 fully saturated rings. The minimum Gasteiger partial charge on any atom is -0.355 e. The molecule has 0 aliphatic rings. The molecule has 1 radical (unpaired) electrons. The fraction of sp³-hybridized carbons (Fsp3) is 0. The van der Waals surface area contributed by atoms with Gasteiger partial charge in [0.15, 0.2) is 0 Å². The maximum Gasteiger partial charge on any atom is 0.0465 e. The molecule has 0 spiro atoms. The highest BCUT2D eigenvalue weighted by molar-refractivity contribution is 6.06. The van der Waals surface area contributed by atoms with E-state index in [1.807, 2.05) is 18.2 Å². The first kappa shape index (κ1) is 6.72. The van der Waals surface area contributed by atoms with Gasteiger partial charge in [-0.25, -0.2) is 0 Å². The maximum atomic E-state index is 3.36. The third-order valence-corrected chi connectivity index (χ3v) is 2.35. The van der Waals surface area contributed by atoms with E-state index >= 15 is 0 Å². The van der Waals surface area contributed by atoms with Crippen LogP contribution in [0.5, 0.6) is 0 Å². The molecule has 0 saturated carbocycles. The first-order valence-corrected chi connectivity index (χ1v) is 4.32. The van der Waals surface area contributed by atoms with E-state index in [0.717, 1.165) is 0 Å². The summed E-state index contributed by atoms with van der Waals surface area (Å²) in [5, 5.41) is 2.52. The Morgan fingerprint density at radius 2 is 1.77 bits per heavy atom. The highest BCUT2D eigenvalue weighted by Gasteiger charge is 2.00. The minimum atomic E-state index is 1.18. The molecule has 0 aliphatic carbocycles. The third kappa shape index (κ3) is 0.872. The normalized spacial score (nSPS) is 11.1. The lowest BCUT2D eigenvalue weighted by molar-refractivity contribution is 1.55. The van der Waals surface area contributed by atoms with Crippen LogP contribution in [0.3, 0.4) is 0 Å². The molecular formula is C12H8N. The van der Waals surface area contributed by atoms with E-state index in [1.54, 1.807) is 0 Å². The number of para-hydroxylation sites is 1. The van der Waals surface area contributed by atoms with Crippen molar-refractivity contribution in [2.75, 3.05) is 0 Å². The zero-order chi connectivity index (χ0) is 8.67. The van der Waals surface area contributed by atoms with Crippen molar-refractivity contribution >= 4 is 21.8 Å². The van der Waals surface area contributed by atoms with Crippen LogP contribution < -0.4 is 0 Å². The summed E-state index contributed by atoms with van der Waals surface area (Å²) in [5.74, 6) is 0. The first-order chi connectivity index (χ1) is 6.45. The van der Waals surface area contributed by atoms with Gasteiger partial charge in [0.25, 0.3) is 0 Å². The van der Waals surface area contributed by atoms with Crippen LogP contribution in [0.15, 0.2) is 42.5 Å². The van der Waals surface area contributed by atoms with Crippen molar-refractivity contribution in [2.45, 2.75) is 0 Å². The maximum absolute atomic E-state index is 3.36. The summed E-state index contributed by atoms with van der Waals surface area (Å²) in [7, 11) is 0. The molecular weight excluding hydrogens is 158 g/mol. The van der Waals surface area contributed by atoms with Gasteiger partial charge in [-0.15, -0.1) is 0 Å². The standard InChI is InChI=1S/C12H8N/c1-3-7-11-9(5-1)10-6-2-4-8-12(10)13-11/h1,3-8,13H. The molecule has 1 N–H and O–H groups in total. The predicted molar refractivity (Wildman–Crippen MR) is 54.6 cm³/mol. The van der Waals surface area contributed by atoms with Crippen LogP contribution >= 0.6 is 0 Å². The second-order valence-corrected chi connectivity index (χ2v) is 3.14. The highest BCUT2D eigenvalue weighted by Crippen LogP contribution is 2.23. The van der Waals surface area contributed by atoms with Crippen molar-refractivity contribution in [2.24, 2.45) is 0 Å². The van der Waals surface area contributed by atoms with Crippen LogP contribution in [-0.4, -0.2) is 4.98 Å². The van der Waals surface area contributed by atoms with Crippen LogP contribution in [0, 0.1) is 6.07 Å². The van der Waals surface area contributed by atoms with Gasteiger partial charge in [-0.3, -0.25) is 0 Å². The van der Waals surface area contributed by atoms with Gasteiger partial charge in [-0.05, 0) is 24.3 Å². The van der Waals surface area contributed by atoms with Crippen LogP contribution in [0.2, 0.25) is 0 Å². The number of benzene rings is 2. The summed E-state index contributed by atoms with van der Waals surface area (Å²) < 4.78 is 0. The van der Waals surface area contributed by atoms with Gasteiger partial charge < -0.3 is 4.98 Å². The number of nitrogens with one attached hydrogen (secondary N) is 1. The average molecular weight is 166 g/mol. The van der Waals surface area contributed by atoms with E-state index in [0.29, 0.717) is 0 Å². The molecule has 0 atom stereocenters. The molecule has 1 heterocycles. The molecule has 3 rings (SSSR count). The van der Waals surface area contributed by atoms with Gasteiger partial charge in [-0.2, -0.15) is 0 Å². The zero-order valence-electron chi connectivity index (χ0n) is 7.04. The fourth-order valence-corrected chi connectivity index (χ4v) is 1.73. The molecule has 3 aromatic rings. The molecule has 0 unspecified atom stereocenters. The lowest BCUT2D eigenvalue weighted by Gasteiger charge is -1.87. The molecule has 0 bridgehead atoms. The summed E-state index contributed by atoms with van der Waals surface area (Å²) in [4.78, 5) is 3.36. The number of rotatable bonds is 0. The number of fused-ring (bicyclic) bond motifs is 3. The average Bonchev–Trinajstić information content (AvgIpc) is 2.56. The van der Waals surface area contributed by atoms with Gasteiger partial charge in [0.2, 0.25) is 0 Å². The third-order valence-electron chi connectivity index (χ3n) is 2.35. The monoisotopic (exact) mass is 166 g/mol. The summed E-state index contributed by atoms with van der Waals surface area (Å²) in [5.41, 5.74) is 2.37. The van der Waals surface area contributed by atoms with Crippen LogP contribution in [0.25, 0.3) is 21.8 Å². The fourth-order valence-electron chi connectivity index (χ4n) is 1.73. The van der Waals surface area contributed by atoms with Gasteiger partial charge in [-0.1, -0.05) is 24.3 Å². The predicted octanol–water partition coefficient (Wildman–Crippen LogP) is 3.12. The van der Waals surface area contributed by atoms with E-state index in [-0.39, 0.29) is 0 Å². The van der Waals surface area contributed by atoms with E-state index in [4.69, 9.17) is 0 Å². The SMILES string of the molecule is [c]1ccc2[nH]c3ccccc3c2c1. The zero-order valence-corrected chi connectivity index (χ0v) is 7.04. The Kier molecular flexibility index (Phi) is 1.22. The van der Waals surface area contributed by atoms with Crippen molar-refractivity contribution < 1.29 is 0 Å². The van der Waals surface area contributed by atoms with Gasteiger partial charge in [0.05, 0.1) is 0 Å². The van der Waals surface area contributed by atoms with Crippen LogP contribution in [-0.2, 0) is 0 Å². The second kappa shape index (κ2) is 2.36.